The zero-order valence-electron chi connectivity index (χ0n) is 19.7. The quantitative estimate of drug-likeness (QED) is 0.470. The highest BCUT2D eigenvalue weighted by Crippen LogP contribution is 2.29. The summed E-state index contributed by atoms with van der Waals surface area (Å²) >= 11 is 0. The zero-order valence-corrected chi connectivity index (χ0v) is 19.7. The molecule has 1 N–H and O–H groups in total. The summed E-state index contributed by atoms with van der Waals surface area (Å²) < 4.78 is 0. The molecule has 34 heavy (non-hydrogen) atoms. The van der Waals surface area contributed by atoms with Gasteiger partial charge >= 0.3 is 0 Å². The maximum Gasteiger partial charge on any atom is 0.273 e. The lowest BCUT2D eigenvalue weighted by molar-refractivity contribution is -0.385. The van der Waals surface area contributed by atoms with Crippen molar-refractivity contribution in [3.63, 3.8) is 0 Å². The Bertz CT molecular complexity index is 1040. The predicted octanol–water partition coefficient (Wildman–Crippen LogP) is 4.77. The number of hydrogen-bond donors (Lipinski definition) is 1. The fourth-order valence-electron chi connectivity index (χ4n) is 4.90. The second kappa shape index (κ2) is 10.7. The standard InChI is InChI=1S/C26H32N4O4/c1-19-6-8-21(18-24(19)30(33)34)26(32)27-22-9-11-23(12-10-22)28-14-16-29(17-15-28)25(31)13-7-20-4-2-3-5-20/h6,8-12,18,20H,2-5,7,13-17H2,1H3,(H,27,32). The van der Waals surface area contributed by atoms with Gasteiger partial charge in [-0.05, 0) is 49.6 Å². The lowest BCUT2D eigenvalue weighted by Gasteiger charge is -2.36. The minimum absolute atomic E-state index is 0.0702. The van der Waals surface area contributed by atoms with E-state index in [4.69, 9.17) is 0 Å². The molecule has 4 rings (SSSR count). The summed E-state index contributed by atoms with van der Waals surface area (Å²) in [6.45, 7) is 4.68. The van der Waals surface area contributed by atoms with Gasteiger partial charge in [-0.2, -0.15) is 0 Å². The normalized spacial score (nSPS) is 16.5. The molecule has 2 amide bonds. The van der Waals surface area contributed by atoms with Gasteiger partial charge in [-0.3, -0.25) is 19.7 Å². The predicted molar refractivity (Wildman–Crippen MR) is 132 cm³/mol. The second-order valence-corrected chi connectivity index (χ2v) is 9.32. The first-order valence-corrected chi connectivity index (χ1v) is 12.1. The number of aryl methyl sites for hydroxylation is 1. The van der Waals surface area contributed by atoms with Crippen LogP contribution in [0.4, 0.5) is 17.1 Å². The maximum absolute atomic E-state index is 12.6. The number of hydrogen-bond acceptors (Lipinski definition) is 5. The molecule has 0 bridgehead atoms. The first-order chi connectivity index (χ1) is 16.4. The van der Waals surface area contributed by atoms with Gasteiger partial charge in [0.25, 0.3) is 11.6 Å². The molecule has 0 unspecified atom stereocenters. The number of carbonyl (C=O) groups excluding carboxylic acids is 2. The van der Waals surface area contributed by atoms with Gasteiger partial charge in [0.1, 0.15) is 0 Å². The summed E-state index contributed by atoms with van der Waals surface area (Å²) in [6.07, 6.45) is 6.89. The molecule has 0 aromatic heterocycles. The number of piperazine rings is 1. The van der Waals surface area contributed by atoms with E-state index in [1.165, 1.54) is 31.7 Å². The van der Waals surface area contributed by atoms with E-state index in [9.17, 15) is 19.7 Å². The maximum atomic E-state index is 12.6. The van der Waals surface area contributed by atoms with Crippen LogP contribution in [0.15, 0.2) is 42.5 Å². The molecular weight excluding hydrogens is 432 g/mol. The first-order valence-electron chi connectivity index (χ1n) is 12.1. The van der Waals surface area contributed by atoms with Gasteiger partial charge in [0, 0.05) is 61.2 Å². The summed E-state index contributed by atoms with van der Waals surface area (Å²) in [4.78, 5) is 40.0. The Morgan fingerprint density at radius 1 is 1.03 bits per heavy atom. The van der Waals surface area contributed by atoms with Crippen LogP contribution < -0.4 is 10.2 Å². The van der Waals surface area contributed by atoms with Crippen LogP contribution in [-0.4, -0.2) is 47.8 Å². The Labute approximate surface area is 200 Å². The molecule has 8 nitrogen and oxygen atoms in total. The van der Waals surface area contributed by atoms with Crippen LogP contribution in [0.1, 0.15) is 54.4 Å². The number of carbonyl (C=O) groups is 2. The largest absolute Gasteiger partial charge is 0.368 e. The monoisotopic (exact) mass is 464 g/mol. The molecule has 2 aromatic rings. The lowest BCUT2D eigenvalue weighted by Crippen LogP contribution is -2.48. The van der Waals surface area contributed by atoms with Crippen molar-refractivity contribution in [2.75, 3.05) is 36.4 Å². The number of rotatable bonds is 7. The van der Waals surface area contributed by atoms with Crippen molar-refractivity contribution >= 4 is 28.9 Å². The highest BCUT2D eigenvalue weighted by Gasteiger charge is 2.23. The first kappa shape index (κ1) is 23.7. The number of nitro groups is 1. The number of nitro benzene ring substituents is 1. The van der Waals surface area contributed by atoms with Crippen molar-refractivity contribution in [3.05, 3.63) is 63.7 Å². The van der Waals surface area contributed by atoms with Gasteiger partial charge in [-0.1, -0.05) is 31.7 Å². The van der Waals surface area contributed by atoms with Crippen LogP contribution in [0.2, 0.25) is 0 Å². The molecular formula is C26H32N4O4. The summed E-state index contributed by atoms with van der Waals surface area (Å²) in [6, 6.07) is 12.0. The third-order valence-corrected chi connectivity index (χ3v) is 7.03. The van der Waals surface area contributed by atoms with E-state index in [1.807, 2.05) is 29.2 Å². The van der Waals surface area contributed by atoms with E-state index in [2.05, 4.69) is 10.2 Å². The average Bonchev–Trinajstić information content (AvgIpc) is 3.37. The molecule has 8 heteroatoms. The fourth-order valence-corrected chi connectivity index (χ4v) is 4.90. The van der Waals surface area contributed by atoms with E-state index in [-0.39, 0.29) is 23.1 Å². The van der Waals surface area contributed by atoms with Crippen LogP contribution in [0.25, 0.3) is 0 Å². The van der Waals surface area contributed by atoms with Gasteiger partial charge in [-0.15, -0.1) is 0 Å². The van der Waals surface area contributed by atoms with Crippen LogP contribution in [0, 0.1) is 23.0 Å². The van der Waals surface area contributed by atoms with Gasteiger partial charge in [0.15, 0.2) is 0 Å². The van der Waals surface area contributed by atoms with Crippen LogP contribution in [0.3, 0.4) is 0 Å². The van der Waals surface area contributed by atoms with Crippen molar-refractivity contribution < 1.29 is 14.5 Å². The molecule has 2 aliphatic rings. The number of nitrogens with one attached hydrogen (secondary N) is 1. The van der Waals surface area contributed by atoms with Crippen LogP contribution in [-0.2, 0) is 4.79 Å². The lowest BCUT2D eigenvalue weighted by atomic mass is 10.0. The van der Waals surface area contributed by atoms with E-state index in [0.29, 0.717) is 17.7 Å². The molecule has 2 aromatic carbocycles. The second-order valence-electron chi connectivity index (χ2n) is 9.32. The average molecular weight is 465 g/mol. The van der Waals surface area contributed by atoms with Gasteiger partial charge in [0.05, 0.1) is 4.92 Å². The highest BCUT2D eigenvalue weighted by molar-refractivity contribution is 6.04. The van der Waals surface area contributed by atoms with Crippen LogP contribution >= 0.6 is 0 Å². The smallest absolute Gasteiger partial charge is 0.273 e. The van der Waals surface area contributed by atoms with Crippen molar-refractivity contribution in [2.45, 2.75) is 45.4 Å². The van der Waals surface area contributed by atoms with E-state index < -0.39 is 4.92 Å². The van der Waals surface area contributed by atoms with Crippen molar-refractivity contribution in [2.24, 2.45) is 5.92 Å². The third kappa shape index (κ3) is 5.73. The molecule has 0 spiro atoms. The van der Waals surface area contributed by atoms with Gasteiger partial charge in [0.2, 0.25) is 5.91 Å². The minimum Gasteiger partial charge on any atom is -0.368 e. The Kier molecular flexibility index (Phi) is 7.45. The molecule has 2 fully saturated rings. The van der Waals surface area contributed by atoms with Crippen molar-refractivity contribution in [3.8, 4) is 0 Å². The Morgan fingerprint density at radius 3 is 2.35 bits per heavy atom. The summed E-state index contributed by atoms with van der Waals surface area (Å²) in [5.74, 6) is 0.631. The van der Waals surface area contributed by atoms with Crippen LogP contribution in [0.5, 0.6) is 0 Å². The molecule has 1 aliphatic heterocycles. The zero-order chi connectivity index (χ0) is 24.1. The summed E-state index contributed by atoms with van der Waals surface area (Å²) in [5, 5.41) is 13.9. The molecule has 1 heterocycles. The summed E-state index contributed by atoms with van der Waals surface area (Å²) in [7, 11) is 0. The number of benzene rings is 2. The highest BCUT2D eigenvalue weighted by atomic mass is 16.6. The van der Waals surface area contributed by atoms with E-state index in [0.717, 1.165) is 44.2 Å². The summed E-state index contributed by atoms with van der Waals surface area (Å²) in [5.41, 5.74) is 2.36. The molecule has 1 aliphatic carbocycles. The molecule has 0 radical (unpaired) electrons. The van der Waals surface area contributed by atoms with Gasteiger partial charge < -0.3 is 15.1 Å². The molecule has 1 saturated carbocycles. The fraction of sp³-hybridized carbons (Fsp3) is 0.462. The van der Waals surface area contributed by atoms with E-state index in [1.54, 1.807) is 19.1 Å². The Hall–Kier alpha value is -3.42. The number of amides is 2. The van der Waals surface area contributed by atoms with Crippen molar-refractivity contribution in [1.29, 1.82) is 0 Å². The van der Waals surface area contributed by atoms with Crippen molar-refractivity contribution in [1.82, 2.24) is 4.90 Å². The SMILES string of the molecule is Cc1ccc(C(=O)Nc2ccc(N3CCN(C(=O)CCC4CCCC4)CC3)cc2)cc1[N+](=O)[O-]. The Morgan fingerprint density at radius 2 is 1.71 bits per heavy atom. The third-order valence-electron chi connectivity index (χ3n) is 7.03. The number of nitrogens with zero attached hydrogens (tertiary/aromatic N) is 3. The molecule has 0 atom stereocenters. The Balaban J connectivity index is 1.27. The molecule has 1 saturated heterocycles. The minimum atomic E-state index is -0.482. The topological polar surface area (TPSA) is 95.8 Å². The van der Waals surface area contributed by atoms with E-state index >= 15 is 0 Å². The number of anilines is 2. The molecule has 180 valence electrons. The van der Waals surface area contributed by atoms with Gasteiger partial charge in [-0.25, -0.2) is 0 Å².